The Bertz CT molecular complexity index is 587. The van der Waals surface area contributed by atoms with Crippen molar-refractivity contribution in [2.75, 3.05) is 17.7 Å². The molecule has 22 heavy (non-hydrogen) atoms. The van der Waals surface area contributed by atoms with Crippen molar-refractivity contribution in [1.29, 1.82) is 0 Å². The number of amides is 1. The summed E-state index contributed by atoms with van der Waals surface area (Å²) in [6.07, 6.45) is 0.510. The average molecular weight is 315 g/mol. The third-order valence-corrected chi connectivity index (χ3v) is 4.04. The number of rotatable bonds is 8. The Labute approximate surface area is 136 Å². The zero-order valence-corrected chi connectivity index (χ0v) is 13.6. The third kappa shape index (κ3) is 5.82. The maximum Gasteiger partial charge on any atom is 0.225 e. The third-order valence-electron chi connectivity index (χ3n) is 3.01. The van der Waals surface area contributed by atoms with Crippen molar-refractivity contribution in [3.05, 3.63) is 60.2 Å². The second-order valence-corrected chi connectivity index (χ2v) is 5.90. The minimum atomic E-state index is 0.0363. The van der Waals surface area contributed by atoms with E-state index in [1.807, 2.05) is 49.4 Å². The van der Waals surface area contributed by atoms with Gasteiger partial charge in [-0.2, -0.15) is 11.8 Å². The molecule has 0 unspecified atom stereocenters. The lowest BCUT2D eigenvalue weighted by Crippen LogP contribution is -2.12. The Morgan fingerprint density at radius 3 is 2.73 bits per heavy atom. The summed E-state index contributed by atoms with van der Waals surface area (Å²) in [6, 6.07) is 17.8. The summed E-state index contributed by atoms with van der Waals surface area (Å²) in [4.78, 5) is 11.9. The van der Waals surface area contributed by atoms with Crippen LogP contribution >= 0.6 is 11.8 Å². The van der Waals surface area contributed by atoms with Gasteiger partial charge in [0.05, 0.1) is 6.61 Å². The van der Waals surface area contributed by atoms with Gasteiger partial charge in [-0.15, -0.1) is 0 Å². The Morgan fingerprint density at radius 1 is 1.14 bits per heavy atom. The summed E-state index contributed by atoms with van der Waals surface area (Å²) in [5, 5.41) is 2.91. The van der Waals surface area contributed by atoms with E-state index in [1.165, 1.54) is 5.56 Å². The Morgan fingerprint density at radius 2 is 1.95 bits per heavy atom. The lowest BCUT2D eigenvalue weighted by atomic mass is 10.2. The van der Waals surface area contributed by atoms with Crippen LogP contribution in [0.15, 0.2) is 54.6 Å². The Kier molecular flexibility index (Phi) is 6.84. The summed E-state index contributed by atoms with van der Waals surface area (Å²) in [7, 11) is 0. The average Bonchev–Trinajstić information content (AvgIpc) is 2.53. The quantitative estimate of drug-likeness (QED) is 0.736. The molecule has 0 aliphatic carbocycles. The van der Waals surface area contributed by atoms with Crippen molar-refractivity contribution in [1.82, 2.24) is 0 Å². The predicted octanol–water partition coefficient (Wildman–Crippen LogP) is 4.35. The standard InChI is InChI=1S/C18H21NO2S/c1-2-21-17-10-6-9-16(13-17)19-18(20)11-12-22-14-15-7-4-3-5-8-15/h3-10,13H,2,11-12,14H2,1H3,(H,19,20). The highest BCUT2D eigenvalue weighted by Gasteiger charge is 2.03. The number of carbonyl (C=O) groups is 1. The van der Waals surface area contributed by atoms with Crippen LogP contribution in [-0.2, 0) is 10.5 Å². The molecule has 3 nitrogen and oxygen atoms in total. The zero-order chi connectivity index (χ0) is 15.6. The van der Waals surface area contributed by atoms with Crippen LogP contribution in [0.2, 0.25) is 0 Å². The van der Waals surface area contributed by atoms with Gasteiger partial charge < -0.3 is 10.1 Å². The van der Waals surface area contributed by atoms with Crippen molar-refractivity contribution in [3.63, 3.8) is 0 Å². The molecule has 0 atom stereocenters. The van der Waals surface area contributed by atoms with Crippen molar-refractivity contribution in [3.8, 4) is 5.75 Å². The largest absolute Gasteiger partial charge is 0.494 e. The van der Waals surface area contributed by atoms with Crippen molar-refractivity contribution < 1.29 is 9.53 Å². The van der Waals surface area contributed by atoms with E-state index < -0.39 is 0 Å². The molecule has 116 valence electrons. The van der Waals surface area contributed by atoms with E-state index in [0.29, 0.717) is 13.0 Å². The summed E-state index contributed by atoms with van der Waals surface area (Å²) < 4.78 is 5.42. The van der Waals surface area contributed by atoms with E-state index in [2.05, 4.69) is 17.4 Å². The second kappa shape index (κ2) is 9.15. The monoisotopic (exact) mass is 315 g/mol. The zero-order valence-electron chi connectivity index (χ0n) is 12.7. The van der Waals surface area contributed by atoms with Gasteiger partial charge in [0.25, 0.3) is 0 Å². The number of hydrogen-bond donors (Lipinski definition) is 1. The van der Waals surface area contributed by atoms with Gasteiger partial charge in [0.2, 0.25) is 5.91 Å². The molecule has 0 aliphatic rings. The minimum absolute atomic E-state index is 0.0363. The Hall–Kier alpha value is -1.94. The molecular formula is C18H21NO2S. The van der Waals surface area contributed by atoms with Crippen LogP contribution in [0.25, 0.3) is 0 Å². The maximum atomic E-state index is 11.9. The first-order valence-electron chi connectivity index (χ1n) is 7.42. The molecule has 0 radical (unpaired) electrons. The normalized spacial score (nSPS) is 10.2. The lowest BCUT2D eigenvalue weighted by Gasteiger charge is -2.08. The van der Waals surface area contributed by atoms with Gasteiger partial charge >= 0.3 is 0 Å². The van der Waals surface area contributed by atoms with Crippen LogP contribution in [-0.4, -0.2) is 18.3 Å². The fourth-order valence-electron chi connectivity index (χ4n) is 1.98. The van der Waals surface area contributed by atoms with Gasteiger partial charge in [-0.1, -0.05) is 36.4 Å². The maximum absolute atomic E-state index is 11.9. The van der Waals surface area contributed by atoms with Gasteiger partial charge in [0.15, 0.2) is 0 Å². The molecule has 0 saturated carbocycles. The van der Waals surface area contributed by atoms with Crippen LogP contribution in [0.1, 0.15) is 18.9 Å². The van der Waals surface area contributed by atoms with Crippen molar-refractivity contribution in [2.45, 2.75) is 19.1 Å². The minimum Gasteiger partial charge on any atom is -0.494 e. The van der Waals surface area contributed by atoms with Crippen LogP contribution in [0.5, 0.6) is 5.75 Å². The molecule has 0 heterocycles. The van der Waals surface area contributed by atoms with Crippen LogP contribution < -0.4 is 10.1 Å². The van der Waals surface area contributed by atoms with E-state index in [1.54, 1.807) is 11.8 Å². The van der Waals surface area contributed by atoms with E-state index in [9.17, 15) is 4.79 Å². The van der Waals surface area contributed by atoms with Crippen LogP contribution in [0.4, 0.5) is 5.69 Å². The van der Waals surface area contributed by atoms with E-state index >= 15 is 0 Å². The smallest absolute Gasteiger partial charge is 0.225 e. The summed E-state index contributed by atoms with van der Waals surface area (Å²) in [5.41, 5.74) is 2.07. The number of ether oxygens (including phenoxy) is 1. The number of carbonyl (C=O) groups excluding carboxylic acids is 1. The summed E-state index contributed by atoms with van der Waals surface area (Å²) in [5.74, 6) is 2.56. The van der Waals surface area contributed by atoms with Gasteiger partial charge in [0, 0.05) is 29.7 Å². The highest BCUT2D eigenvalue weighted by molar-refractivity contribution is 7.98. The summed E-state index contributed by atoms with van der Waals surface area (Å²) in [6.45, 7) is 2.56. The van der Waals surface area contributed by atoms with Crippen molar-refractivity contribution >= 4 is 23.4 Å². The SMILES string of the molecule is CCOc1cccc(NC(=O)CCSCc2ccccc2)c1. The fourth-order valence-corrected chi connectivity index (χ4v) is 2.89. The molecular weight excluding hydrogens is 294 g/mol. The molecule has 1 amide bonds. The first-order valence-corrected chi connectivity index (χ1v) is 8.58. The van der Waals surface area contributed by atoms with Gasteiger partial charge in [-0.25, -0.2) is 0 Å². The molecule has 0 fully saturated rings. The van der Waals surface area contributed by atoms with Crippen LogP contribution in [0, 0.1) is 0 Å². The number of thioether (sulfide) groups is 1. The second-order valence-electron chi connectivity index (χ2n) is 4.80. The van der Waals surface area contributed by atoms with E-state index in [0.717, 1.165) is 22.9 Å². The van der Waals surface area contributed by atoms with Gasteiger partial charge in [-0.05, 0) is 24.6 Å². The van der Waals surface area contributed by atoms with E-state index in [4.69, 9.17) is 4.74 Å². The highest BCUT2D eigenvalue weighted by atomic mass is 32.2. The van der Waals surface area contributed by atoms with E-state index in [-0.39, 0.29) is 5.91 Å². The molecule has 0 aromatic heterocycles. The molecule has 1 N–H and O–H groups in total. The lowest BCUT2D eigenvalue weighted by molar-refractivity contribution is -0.115. The number of hydrogen-bond acceptors (Lipinski definition) is 3. The number of anilines is 1. The molecule has 2 aromatic carbocycles. The topological polar surface area (TPSA) is 38.3 Å². The van der Waals surface area contributed by atoms with Crippen molar-refractivity contribution in [2.24, 2.45) is 0 Å². The fraction of sp³-hybridized carbons (Fsp3) is 0.278. The molecule has 0 bridgehead atoms. The number of benzene rings is 2. The summed E-state index contributed by atoms with van der Waals surface area (Å²) >= 11 is 1.77. The first kappa shape index (κ1) is 16.4. The molecule has 2 rings (SSSR count). The molecule has 0 aliphatic heterocycles. The number of nitrogens with one attached hydrogen (secondary N) is 1. The highest BCUT2D eigenvalue weighted by Crippen LogP contribution is 2.18. The first-order chi connectivity index (χ1) is 10.8. The Balaban J connectivity index is 1.70. The van der Waals surface area contributed by atoms with Gasteiger partial charge in [0.1, 0.15) is 5.75 Å². The molecule has 2 aromatic rings. The molecule has 0 spiro atoms. The predicted molar refractivity (Wildman–Crippen MR) is 93.5 cm³/mol. The molecule has 0 saturated heterocycles. The van der Waals surface area contributed by atoms with Crippen LogP contribution in [0.3, 0.4) is 0 Å². The van der Waals surface area contributed by atoms with Gasteiger partial charge in [-0.3, -0.25) is 4.79 Å². The molecule has 4 heteroatoms.